The lowest BCUT2D eigenvalue weighted by Crippen LogP contribution is -2.60. The molecule has 11 N–H and O–H groups in total. The molecule has 280 valence electrons. The molecule has 3 aliphatic rings. The number of aromatic hydroxyl groups is 1. The predicted molar refractivity (Wildman–Crippen MR) is 165 cm³/mol. The Labute approximate surface area is 287 Å². The summed E-state index contributed by atoms with van der Waals surface area (Å²) in [5.41, 5.74) is -3.14. The maximum atomic E-state index is 14.0. The molecule has 6 rings (SSSR count). The van der Waals surface area contributed by atoms with Gasteiger partial charge in [0.05, 0.1) is 25.9 Å². The average Bonchev–Trinajstić information content (AvgIpc) is 3.39. The van der Waals surface area contributed by atoms with E-state index in [2.05, 4.69) is 0 Å². The van der Waals surface area contributed by atoms with Gasteiger partial charge in [0.25, 0.3) is 0 Å². The van der Waals surface area contributed by atoms with Gasteiger partial charge in [-0.1, -0.05) is 0 Å². The van der Waals surface area contributed by atoms with Crippen molar-refractivity contribution in [3.8, 4) is 34.3 Å². The highest BCUT2D eigenvalue weighted by Gasteiger charge is 2.49. The molecular formula is C32H38O19. The van der Waals surface area contributed by atoms with E-state index in [0.717, 1.165) is 12.1 Å². The van der Waals surface area contributed by atoms with Crippen LogP contribution in [0.4, 0.5) is 0 Å². The second-order valence-electron chi connectivity index (χ2n) is 12.5. The maximum absolute atomic E-state index is 14.0. The number of phenolic OH excluding ortho intramolecular Hbond substituents is 1. The topological polar surface area (TPSA) is 308 Å². The molecule has 0 spiro atoms. The minimum Gasteiger partial charge on any atom is -0.507 e. The predicted octanol–water partition coefficient (Wildman–Crippen LogP) is -3.63. The third kappa shape index (κ3) is 6.84. The van der Waals surface area contributed by atoms with Crippen LogP contribution in [0.2, 0.25) is 0 Å². The van der Waals surface area contributed by atoms with E-state index in [4.69, 9.17) is 32.8 Å². The Hall–Kier alpha value is -3.67. The molecule has 13 atom stereocenters. The number of aliphatic hydroxyl groups excluding tert-OH is 9. The summed E-state index contributed by atoms with van der Waals surface area (Å²) in [6.07, 6.45) is -18.9. The smallest absolute Gasteiger partial charge is 0.239 e. The zero-order valence-corrected chi connectivity index (χ0v) is 26.7. The molecule has 3 aromatic rings. The van der Waals surface area contributed by atoms with Crippen molar-refractivity contribution in [3.63, 3.8) is 0 Å². The van der Waals surface area contributed by atoms with E-state index in [1.54, 1.807) is 0 Å². The van der Waals surface area contributed by atoms with Crippen molar-refractivity contribution in [2.24, 2.45) is 0 Å². The minimum atomic E-state index is -1.94. The van der Waals surface area contributed by atoms with Gasteiger partial charge in [0, 0.05) is 17.7 Å². The molecule has 0 bridgehead atoms. The summed E-state index contributed by atoms with van der Waals surface area (Å²) in [4.78, 5) is 14.0. The van der Waals surface area contributed by atoms with E-state index in [-0.39, 0.29) is 28.4 Å². The fourth-order valence-electron chi connectivity index (χ4n) is 5.86. The zero-order valence-electron chi connectivity index (χ0n) is 26.7. The van der Waals surface area contributed by atoms with Crippen LogP contribution >= 0.6 is 0 Å². The molecule has 0 amide bonds. The molecule has 0 saturated carbocycles. The Morgan fingerprint density at radius 3 is 2.04 bits per heavy atom. The molecule has 2 aromatic carbocycles. The van der Waals surface area contributed by atoms with Gasteiger partial charge in [-0.05, 0) is 31.2 Å². The number of hydrogen-bond donors (Lipinski definition) is 11. The SMILES string of the molecule is CC1OC(Oc2cc(O)c3c(=O)c(OC4OC(CO)C(O)C(O)C4O)c(-c4ccc(OC5OCC(O)(CO)C5O)cc4)oc3c2)C(O)C(O)C1O. The first-order valence-electron chi connectivity index (χ1n) is 15.7. The van der Waals surface area contributed by atoms with Gasteiger partial charge in [-0.15, -0.1) is 0 Å². The van der Waals surface area contributed by atoms with Crippen LogP contribution in [0, 0.1) is 0 Å². The molecule has 19 heteroatoms. The second-order valence-corrected chi connectivity index (χ2v) is 12.5. The first kappa shape index (κ1) is 37.1. The molecular weight excluding hydrogens is 688 g/mol. The van der Waals surface area contributed by atoms with E-state index < -0.39 is 122 Å². The number of benzene rings is 2. The van der Waals surface area contributed by atoms with Crippen LogP contribution in [0.1, 0.15) is 6.92 Å². The Kier molecular flexibility index (Phi) is 10.5. The highest BCUT2D eigenvalue weighted by Crippen LogP contribution is 2.39. The van der Waals surface area contributed by atoms with Crippen molar-refractivity contribution < 1.29 is 89.0 Å². The third-order valence-corrected chi connectivity index (χ3v) is 9.00. The Morgan fingerprint density at radius 2 is 1.41 bits per heavy atom. The Bertz CT molecular complexity index is 1750. The van der Waals surface area contributed by atoms with Gasteiger partial charge in [0.2, 0.25) is 30.0 Å². The Balaban J connectivity index is 1.38. The van der Waals surface area contributed by atoms with Crippen molar-refractivity contribution in [3.05, 3.63) is 46.6 Å². The Morgan fingerprint density at radius 1 is 0.784 bits per heavy atom. The van der Waals surface area contributed by atoms with Crippen LogP contribution in [0.15, 0.2) is 45.6 Å². The van der Waals surface area contributed by atoms with Crippen LogP contribution in [0.25, 0.3) is 22.3 Å². The lowest BCUT2D eigenvalue weighted by molar-refractivity contribution is -0.277. The fraction of sp³-hybridized carbons (Fsp3) is 0.531. The van der Waals surface area contributed by atoms with Crippen LogP contribution in [-0.4, -0.2) is 155 Å². The highest BCUT2D eigenvalue weighted by molar-refractivity contribution is 5.88. The summed E-state index contributed by atoms with van der Waals surface area (Å²) in [5.74, 6) is -1.78. The van der Waals surface area contributed by atoms with Gasteiger partial charge in [0.15, 0.2) is 5.76 Å². The summed E-state index contributed by atoms with van der Waals surface area (Å²) in [6.45, 7) is -0.547. The van der Waals surface area contributed by atoms with Crippen molar-refractivity contribution >= 4 is 11.0 Å². The lowest BCUT2D eigenvalue weighted by atomic mass is 9.99. The molecule has 3 aliphatic heterocycles. The molecule has 0 aliphatic carbocycles. The normalized spacial score (nSPS) is 37.0. The summed E-state index contributed by atoms with van der Waals surface area (Å²) in [7, 11) is 0. The largest absolute Gasteiger partial charge is 0.507 e. The first-order valence-corrected chi connectivity index (χ1v) is 15.7. The van der Waals surface area contributed by atoms with Gasteiger partial charge >= 0.3 is 0 Å². The molecule has 13 unspecified atom stereocenters. The van der Waals surface area contributed by atoms with Crippen molar-refractivity contribution in [2.45, 2.75) is 86.3 Å². The minimum absolute atomic E-state index is 0.102. The molecule has 3 fully saturated rings. The van der Waals surface area contributed by atoms with E-state index >= 15 is 0 Å². The number of rotatable bonds is 9. The molecule has 51 heavy (non-hydrogen) atoms. The monoisotopic (exact) mass is 726 g/mol. The van der Waals surface area contributed by atoms with E-state index in [1.807, 2.05) is 0 Å². The zero-order chi connectivity index (χ0) is 36.9. The quantitative estimate of drug-likeness (QED) is 0.101. The van der Waals surface area contributed by atoms with Crippen LogP contribution in [-0.2, 0) is 14.2 Å². The van der Waals surface area contributed by atoms with Crippen molar-refractivity contribution in [2.75, 3.05) is 19.8 Å². The van der Waals surface area contributed by atoms with E-state index in [1.165, 1.54) is 31.2 Å². The third-order valence-electron chi connectivity index (χ3n) is 9.00. The van der Waals surface area contributed by atoms with Gasteiger partial charge < -0.3 is 89.0 Å². The number of hydrogen-bond acceptors (Lipinski definition) is 19. The molecule has 1 aromatic heterocycles. The number of ether oxygens (including phenoxy) is 6. The fourth-order valence-corrected chi connectivity index (χ4v) is 5.86. The maximum Gasteiger partial charge on any atom is 0.239 e. The van der Waals surface area contributed by atoms with Gasteiger partial charge in [-0.25, -0.2) is 0 Å². The second kappa shape index (κ2) is 14.4. The molecule has 0 radical (unpaired) electrons. The average molecular weight is 727 g/mol. The van der Waals surface area contributed by atoms with Crippen LogP contribution in [0.5, 0.6) is 23.0 Å². The summed E-state index contributed by atoms with van der Waals surface area (Å²) in [5, 5.41) is 112. The van der Waals surface area contributed by atoms with Crippen molar-refractivity contribution in [1.82, 2.24) is 0 Å². The van der Waals surface area contributed by atoms with Gasteiger partial charge in [-0.2, -0.15) is 0 Å². The summed E-state index contributed by atoms with van der Waals surface area (Å²) in [6, 6.07) is 7.62. The highest BCUT2D eigenvalue weighted by atomic mass is 16.7. The molecule has 3 saturated heterocycles. The van der Waals surface area contributed by atoms with Crippen molar-refractivity contribution in [1.29, 1.82) is 0 Å². The van der Waals surface area contributed by atoms with Gasteiger partial charge in [-0.3, -0.25) is 4.79 Å². The van der Waals surface area contributed by atoms with Gasteiger partial charge in [0.1, 0.15) is 82.7 Å². The summed E-state index contributed by atoms with van der Waals surface area (Å²) >= 11 is 0. The van der Waals surface area contributed by atoms with E-state index in [0.29, 0.717) is 0 Å². The first-order chi connectivity index (χ1) is 24.2. The molecule has 4 heterocycles. The standard InChI is InChI=1S/C32H38O19/c1-11-19(36)22(39)24(41)29(46-11)48-14-6-15(35)18-16(7-14)49-26(27(21(18)38)51-30-25(42)23(40)20(37)17(8-33)50-30)12-2-4-13(5-3-12)47-31-28(43)32(44,9-34)10-45-31/h2-7,11,17,19-20,22-25,28-31,33-37,39-44H,8-10H2,1H3. The number of phenols is 1. The van der Waals surface area contributed by atoms with Crippen LogP contribution < -0.4 is 19.6 Å². The molecule has 19 nitrogen and oxygen atoms in total. The number of aliphatic hydroxyl groups is 10. The number of fused-ring (bicyclic) bond motifs is 1. The summed E-state index contributed by atoms with van der Waals surface area (Å²) < 4.78 is 39.2. The van der Waals surface area contributed by atoms with E-state index in [9.17, 15) is 61.0 Å². The van der Waals surface area contributed by atoms with Crippen LogP contribution in [0.3, 0.4) is 0 Å². The lowest BCUT2D eigenvalue weighted by Gasteiger charge is -2.39.